The fourth-order valence-corrected chi connectivity index (χ4v) is 3.60. The number of halogens is 1. The number of hydrazone groups is 1. The van der Waals surface area contributed by atoms with Crippen LogP contribution in [0.15, 0.2) is 69.7 Å². The lowest BCUT2D eigenvalue weighted by molar-refractivity contribution is -0.114. The summed E-state index contributed by atoms with van der Waals surface area (Å²) in [6, 6.07) is 16.3. The Kier molecular flexibility index (Phi) is 5.97. The topological polar surface area (TPSA) is 72.1 Å². The largest absolute Gasteiger partial charge is 0.465 e. The molecule has 0 saturated carbocycles. The third-order valence-corrected chi connectivity index (χ3v) is 5.55. The summed E-state index contributed by atoms with van der Waals surface area (Å²) in [6.07, 6.45) is 2.60. The van der Waals surface area contributed by atoms with E-state index >= 15 is 0 Å². The molecule has 6 nitrogen and oxygen atoms in total. The van der Waals surface area contributed by atoms with Gasteiger partial charge in [0.25, 0.3) is 5.91 Å². The van der Waals surface area contributed by atoms with Crippen molar-refractivity contribution in [1.82, 2.24) is 0 Å². The van der Waals surface area contributed by atoms with Crippen molar-refractivity contribution in [2.45, 2.75) is 20.3 Å². The Labute approximate surface area is 190 Å². The standard InChI is InChI=1S/C25H21ClN2O4/c1-4-16-5-8-18(9-6-16)28-24(29)20(15(2)27-28)14-19-10-12-23(32-19)17-7-11-22(26)21(13-17)25(30)31-3/h5-14H,4H2,1-3H3/b20-14-. The van der Waals surface area contributed by atoms with E-state index in [-0.39, 0.29) is 11.5 Å². The summed E-state index contributed by atoms with van der Waals surface area (Å²) in [6.45, 7) is 3.87. The number of hydrogen-bond acceptors (Lipinski definition) is 5. The van der Waals surface area contributed by atoms with Gasteiger partial charge in [-0.25, -0.2) is 4.79 Å². The fourth-order valence-electron chi connectivity index (χ4n) is 3.40. The number of hydrogen-bond donors (Lipinski definition) is 0. The molecule has 7 heteroatoms. The quantitative estimate of drug-likeness (QED) is 0.367. The molecule has 2 heterocycles. The van der Waals surface area contributed by atoms with Crippen molar-refractivity contribution in [2.24, 2.45) is 5.10 Å². The van der Waals surface area contributed by atoms with Crippen LogP contribution in [0, 0.1) is 0 Å². The normalized spacial score (nSPS) is 14.8. The first kappa shape index (κ1) is 21.6. The van der Waals surface area contributed by atoms with Gasteiger partial charge in [0.1, 0.15) is 11.5 Å². The van der Waals surface area contributed by atoms with Crippen molar-refractivity contribution in [2.75, 3.05) is 12.1 Å². The zero-order chi connectivity index (χ0) is 22.8. The summed E-state index contributed by atoms with van der Waals surface area (Å²) >= 11 is 6.09. The summed E-state index contributed by atoms with van der Waals surface area (Å²) in [7, 11) is 1.30. The highest BCUT2D eigenvalue weighted by molar-refractivity contribution is 6.33. The number of nitrogens with zero attached hydrogens (tertiary/aromatic N) is 2. The van der Waals surface area contributed by atoms with Crippen LogP contribution in [-0.2, 0) is 16.0 Å². The second kappa shape index (κ2) is 8.85. The Morgan fingerprint density at radius 3 is 2.59 bits per heavy atom. The molecule has 0 N–H and O–H groups in total. The molecule has 0 unspecified atom stereocenters. The van der Waals surface area contributed by atoms with E-state index in [2.05, 4.69) is 12.0 Å². The highest BCUT2D eigenvalue weighted by atomic mass is 35.5. The molecule has 0 bridgehead atoms. The molecule has 0 spiro atoms. The van der Waals surface area contributed by atoms with Gasteiger partial charge < -0.3 is 9.15 Å². The number of amides is 1. The highest BCUT2D eigenvalue weighted by Crippen LogP contribution is 2.30. The predicted molar refractivity (Wildman–Crippen MR) is 125 cm³/mol. The van der Waals surface area contributed by atoms with Gasteiger partial charge in [-0.3, -0.25) is 4.79 Å². The molecule has 3 aromatic rings. The lowest BCUT2D eigenvalue weighted by atomic mass is 10.1. The molecule has 1 aromatic heterocycles. The molecule has 0 fully saturated rings. The SMILES string of the molecule is CCc1ccc(N2N=C(C)/C(=C/c3ccc(-c4ccc(Cl)c(C(=O)OC)c4)o3)C2=O)cc1. The minimum atomic E-state index is -0.527. The van der Waals surface area contributed by atoms with E-state index in [0.29, 0.717) is 39.1 Å². The maximum atomic E-state index is 13.0. The zero-order valence-electron chi connectivity index (χ0n) is 17.9. The summed E-state index contributed by atoms with van der Waals surface area (Å²) in [5.41, 5.74) is 3.88. The molecule has 162 valence electrons. The van der Waals surface area contributed by atoms with Crippen LogP contribution in [0.1, 0.15) is 35.5 Å². The van der Waals surface area contributed by atoms with Crippen molar-refractivity contribution < 1.29 is 18.7 Å². The Balaban J connectivity index is 1.60. The van der Waals surface area contributed by atoms with Crippen LogP contribution in [0.25, 0.3) is 17.4 Å². The van der Waals surface area contributed by atoms with Crippen LogP contribution in [0.4, 0.5) is 5.69 Å². The van der Waals surface area contributed by atoms with Gasteiger partial charge in [-0.15, -0.1) is 0 Å². The minimum absolute atomic E-state index is 0.218. The summed E-state index contributed by atoms with van der Waals surface area (Å²) in [5.74, 6) is 0.284. The van der Waals surface area contributed by atoms with Gasteiger partial charge in [-0.05, 0) is 67.4 Å². The van der Waals surface area contributed by atoms with Crippen molar-refractivity contribution >= 4 is 41.0 Å². The Hall–Kier alpha value is -3.64. The number of benzene rings is 2. The number of anilines is 1. The van der Waals surface area contributed by atoms with Crippen LogP contribution in [0.2, 0.25) is 5.02 Å². The average Bonchev–Trinajstić information content (AvgIpc) is 3.39. The first-order valence-electron chi connectivity index (χ1n) is 10.1. The number of methoxy groups -OCH3 is 1. The molecule has 0 atom stereocenters. The third kappa shape index (κ3) is 4.09. The molecular weight excluding hydrogens is 428 g/mol. The van der Waals surface area contributed by atoms with E-state index < -0.39 is 5.97 Å². The van der Waals surface area contributed by atoms with E-state index in [9.17, 15) is 9.59 Å². The molecule has 1 amide bonds. The van der Waals surface area contributed by atoms with E-state index in [1.807, 2.05) is 24.3 Å². The van der Waals surface area contributed by atoms with Crippen LogP contribution in [0.3, 0.4) is 0 Å². The Bertz CT molecular complexity index is 1260. The number of rotatable bonds is 5. The summed E-state index contributed by atoms with van der Waals surface area (Å²) < 4.78 is 10.7. The molecule has 32 heavy (non-hydrogen) atoms. The smallest absolute Gasteiger partial charge is 0.339 e. The monoisotopic (exact) mass is 448 g/mol. The molecule has 4 rings (SSSR count). The van der Waals surface area contributed by atoms with Gasteiger partial charge in [-0.2, -0.15) is 10.1 Å². The molecule has 0 aliphatic carbocycles. The molecule has 0 radical (unpaired) electrons. The Morgan fingerprint density at radius 1 is 1.16 bits per heavy atom. The fraction of sp³-hybridized carbons (Fsp3) is 0.160. The second-order valence-corrected chi connectivity index (χ2v) is 7.68. The van der Waals surface area contributed by atoms with Gasteiger partial charge in [0.15, 0.2) is 0 Å². The highest BCUT2D eigenvalue weighted by Gasteiger charge is 2.29. The number of esters is 1. The van der Waals surface area contributed by atoms with Crippen molar-refractivity contribution in [3.8, 4) is 11.3 Å². The first-order valence-corrected chi connectivity index (χ1v) is 10.5. The molecular formula is C25H21ClN2O4. The van der Waals surface area contributed by atoms with Gasteiger partial charge in [0, 0.05) is 5.56 Å². The number of carbonyl (C=O) groups is 2. The van der Waals surface area contributed by atoms with Crippen LogP contribution in [0.5, 0.6) is 0 Å². The second-order valence-electron chi connectivity index (χ2n) is 7.27. The summed E-state index contributed by atoms with van der Waals surface area (Å²) in [5, 5.41) is 6.10. The first-order chi connectivity index (χ1) is 15.4. The number of carbonyl (C=O) groups excluding carboxylic acids is 2. The van der Waals surface area contributed by atoms with E-state index in [1.165, 1.54) is 17.7 Å². The van der Waals surface area contributed by atoms with Crippen LogP contribution < -0.4 is 5.01 Å². The summed E-state index contributed by atoms with van der Waals surface area (Å²) in [4.78, 5) is 24.9. The molecule has 1 aliphatic heterocycles. The Morgan fingerprint density at radius 2 is 1.91 bits per heavy atom. The van der Waals surface area contributed by atoms with E-state index in [0.717, 1.165) is 6.42 Å². The molecule has 2 aromatic carbocycles. The number of aryl methyl sites for hydroxylation is 1. The number of furan rings is 1. The van der Waals surface area contributed by atoms with E-state index in [1.54, 1.807) is 43.3 Å². The predicted octanol–water partition coefficient (Wildman–Crippen LogP) is 5.76. The third-order valence-electron chi connectivity index (χ3n) is 5.22. The van der Waals surface area contributed by atoms with Gasteiger partial charge >= 0.3 is 5.97 Å². The molecule has 0 saturated heterocycles. The minimum Gasteiger partial charge on any atom is -0.465 e. The lowest BCUT2D eigenvalue weighted by Gasteiger charge is -2.12. The van der Waals surface area contributed by atoms with Gasteiger partial charge in [0.2, 0.25) is 0 Å². The maximum absolute atomic E-state index is 13.0. The van der Waals surface area contributed by atoms with Crippen molar-refractivity contribution in [1.29, 1.82) is 0 Å². The zero-order valence-corrected chi connectivity index (χ0v) is 18.6. The lowest BCUT2D eigenvalue weighted by Crippen LogP contribution is -2.21. The van der Waals surface area contributed by atoms with Crippen molar-refractivity contribution in [3.05, 3.63) is 82.1 Å². The number of ether oxygens (including phenoxy) is 1. The van der Waals surface area contributed by atoms with Crippen molar-refractivity contribution in [3.63, 3.8) is 0 Å². The van der Waals surface area contributed by atoms with Gasteiger partial charge in [-0.1, -0.05) is 30.7 Å². The average molecular weight is 449 g/mol. The maximum Gasteiger partial charge on any atom is 0.339 e. The van der Waals surface area contributed by atoms with Gasteiger partial charge in [0.05, 0.1) is 34.7 Å². The van der Waals surface area contributed by atoms with E-state index in [4.69, 9.17) is 20.8 Å². The van der Waals surface area contributed by atoms with Crippen LogP contribution >= 0.6 is 11.6 Å². The molecule has 1 aliphatic rings. The van der Waals surface area contributed by atoms with Crippen LogP contribution in [-0.4, -0.2) is 24.7 Å².